The van der Waals surface area contributed by atoms with E-state index >= 15 is 0 Å². The molecule has 0 spiro atoms. The molecule has 2 rings (SSSR count). The minimum atomic E-state index is -0.476. The summed E-state index contributed by atoms with van der Waals surface area (Å²) in [6.45, 7) is 10.0. The molecule has 5 nitrogen and oxygen atoms in total. The molecule has 0 N–H and O–H groups in total. The van der Waals surface area contributed by atoms with Crippen molar-refractivity contribution in [3.05, 3.63) is 47.1 Å². The van der Waals surface area contributed by atoms with E-state index in [1.54, 1.807) is 18.3 Å². The van der Waals surface area contributed by atoms with E-state index in [0.29, 0.717) is 35.4 Å². The number of carbonyl (C=O) groups excluding carboxylic acids is 1. The van der Waals surface area contributed by atoms with Crippen molar-refractivity contribution in [1.82, 2.24) is 4.98 Å². The van der Waals surface area contributed by atoms with Crippen molar-refractivity contribution < 1.29 is 19.0 Å². The summed E-state index contributed by atoms with van der Waals surface area (Å²) in [5.41, 5.74) is 0.707. The fourth-order valence-electron chi connectivity index (χ4n) is 2.66. The summed E-state index contributed by atoms with van der Waals surface area (Å²) in [7, 11) is 0. The molecule has 6 heteroatoms. The number of hydrogen-bond acceptors (Lipinski definition) is 5. The van der Waals surface area contributed by atoms with Crippen LogP contribution in [0.5, 0.6) is 17.4 Å². The fraction of sp³-hybridized carbons (Fsp3) is 0.478. The van der Waals surface area contributed by atoms with Crippen molar-refractivity contribution in [1.29, 1.82) is 0 Å². The van der Waals surface area contributed by atoms with E-state index in [-0.39, 0.29) is 11.9 Å². The second-order valence-electron chi connectivity index (χ2n) is 8.16. The van der Waals surface area contributed by atoms with E-state index < -0.39 is 5.60 Å². The molecule has 1 heterocycles. The normalized spacial score (nSPS) is 12.3. The van der Waals surface area contributed by atoms with Crippen LogP contribution >= 0.6 is 11.6 Å². The molecule has 0 amide bonds. The van der Waals surface area contributed by atoms with E-state index in [2.05, 4.69) is 11.9 Å². The first-order valence-electron chi connectivity index (χ1n) is 9.93. The number of hydrogen-bond donors (Lipinski definition) is 0. The lowest BCUT2D eigenvalue weighted by molar-refractivity contribution is -0.156. The summed E-state index contributed by atoms with van der Waals surface area (Å²) in [4.78, 5) is 16.1. The molecule has 0 saturated heterocycles. The number of aromatic nitrogens is 1. The minimum absolute atomic E-state index is 0.0289. The van der Waals surface area contributed by atoms with Gasteiger partial charge in [0.05, 0.1) is 24.2 Å². The van der Waals surface area contributed by atoms with Gasteiger partial charge in [-0.15, -0.1) is 0 Å². The highest BCUT2D eigenvalue weighted by Crippen LogP contribution is 2.30. The Bertz CT molecular complexity index is 800. The van der Waals surface area contributed by atoms with Gasteiger partial charge in [0.1, 0.15) is 17.1 Å². The molecule has 0 aliphatic rings. The smallest absolute Gasteiger partial charge is 0.306 e. The molecular formula is C23H30ClNO4. The molecule has 1 aromatic carbocycles. The highest BCUT2D eigenvalue weighted by molar-refractivity contribution is 6.32. The zero-order valence-electron chi connectivity index (χ0n) is 17.8. The quantitative estimate of drug-likeness (QED) is 0.451. The number of ether oxygens (including phenoxy) is 3. The Balaban J connectivity index is 1.85. The average molecular weight is 420 g/mol. The van der Waals surface area contributed by atoms with Crippen LogP contribution in [0.25, 0.3) is 0 Å². The molecule has 1 aromatic heterocycles. The largest absolute Gasteiger partial charge is 0.492 e. The first-order valence-corrected chi connectivity index (χ1v) is 10.3. The predicted octanol–water partition coefficient (Wildman–Crippen LogP) is 6.23. The molecule has 0 radical (unpaired) electrons. The van der Waals surface area contributed by atoms with Crippen LogP contribution in [0.15, 0.2) is 36.5 Å². The van der Waals surface area contributed by atoms with E-state index in [1.165, 1.54) is 5.56 Å². The van der Waals surface area contributed by atoms with Crippen molar-refractivity contribution >= 4 is 17.6 Å². The van der Waals surface area contributed by atoms with Crippen LogP contribution in [0.4, 0.5) is 0 Å². The average Bonchev–Trinajstić information content (AvgIpc) is 2.62. The van der Waals surface area contributed by atoms with Gasteiger partial charge in [-0.05, 0) is 51.0 Å². The third-order valence-corrected chi connectivity index (χ3v) is 4.22. The standard InChI is InChI=1S/C23H30ClNO4/c1-6-7-17-8-10-20(19(24)13-17)28-21-11-9-18(14-25-21)27-15-16(2)12-22(26)29-23(3,4)5/h8-11,13-14,16H,6-7,12,15H2,1-5H3/t16-/m1/s1. The third-order valence-electron chi connectivity index (χ3n) is 3.93. The van der Waals surface area contributed by atoms with Crippen molar-refractivity contribution in [2.75, 3.05) is 6.61 Å². The SMILES string of the molecule is CCCc1ccc(Oc2ccc(OC[C@H](C)CC(=O)OC(C)(C)C)cn2)c(Cl)c1. The maximum Gasteiger partial charge on any atom is 0.306 e. The summed E-state index contributed by atoms with van der Waals surface area (Å²) >= 11 is 6.30. The number of carbonyl (C=O) groups is 1. The third kappa shape index (κ3) is 8.32. The minimum Gasteiger partial charge on any atom is -0.492 e. The van der Waals surface area contributed by atoms with Crippen molar-refractivity contribution in [3.63, 3.8) is 0 Å². The molecule has 1 atom stereocenters. The van der Waals surface area contributed by atoms with Crippen molar-refractivity contribution in [2.24, 2.45) is 5.92 Å². The van der Waals surface area contributed by atoms with Crippen molar-refractivity contribution in [3.8, 4) is 17.4 Å². The lowest BCUT2D eigenvalue weighted by Gasteiger charge is -2.21. The Hall–Kier alpha value is -2.27. The Morgan fingerprint density at radius 1 is 1.21 bits per heavy atom. The highest BCUT2D eigenvalue weighted by Gasteiger charge is 2.18. The number of aryl methyl sites for hydroxylation is 1. The van der Waals surface area contributed by atoms with E-state index in [1.807, 2.05) is 45.9 Å². The zero-order chi connectivity index (χ0) is 21.4. The number of nitrogens with zero attached hydrogens (tertiary/aromatic N) is 1. The van der Waals surface area contributed by atoms with Gasteiger partial charge in [0.25, 0.3) is 0 Å². The van der Waals surface area contributed by atoms with Gasteiger partial charge in [0.15, 0.2) is 0 Å². The molecular weight excluding hydrogens is 390 g/mol. The van der Waals surface area contributed by atoms with Crippen LogP contribution in [0, 0.1) is 5.92 Å². The maximum absolute atomic E-state index is 11.9. The van der Waals surface area contributed by atoms with Crippen LogP contribution in [-0.2, 0) is 16.0 Å². The molecule has 0 unspecified atom stereocenters. The monoisotopic (exact) mass is 419 g/mol. The number of halogens is 1. The fourth-order valence-corrected chi connectivity index (χ4v) is 2.90. The summed E-state index contributed by atoms with van der Waals surface area (Å²) in [6.07, 6.45) is 3.94. The number of pyridine rings is 1. The molecule has 2 aromatic rings. The van der Waals surface area contributed by atoms with Crippen LogP contribution in [-0.4, -0.2) is 23.2 Å². The summed E-state index contributed by atoms with van der Waals surface area (Å²) in [5, 5.41) is 0.564. The molecule has 158 valence electrons. The van der Waals surface area contributed by atoms with E-state index in [0.717, 1.165) is 12.8 Å². The van der Waals surface area contributed by atoms with Crippen LogP contribution in [0.3, 0.4) is 0 Å². The lowest BCUT2D eigenvalue weighted by Crippen LogP contribution is -2.25. The molecule has 0 aliphatic carbocycles. The number of esters is 1. The molecule has 0 saturated carbocycles. The molecule has 0 bridgehead atoms. The van der Waals surface area contributed by atoms with Gasteiger partial charge in [-0.1, -0.05) is 37.9 Å². The molecule has 0 aliphatic heterocycles. The molecule has 29 heavy (non-hydrogen) atoms. The predicted molar refractivity (Wildman–Crippen MR) is 115 cm³/mol. The Morgan fingerprint density at radius 2 is 1.97 bits per heavy atom. The first kappa shape index (κ1) is 23.0. The van der Waals surface area contributed by atoms with E-state index in [9.17, 15) is 4.79 Å². The topological polar surface area (TPSA) is 57.7 Å². The van der Waals surface area contributed by atoms with Gasteiger partial charge in [-0.3, -0.25) is 4.79 Å². The second-order valence-corrected chi connectivity index (χ2v) is 8.56. The Kier molecular flexibility index (Phi) is 8.32. The summed E-state index contributed by atoms with van der Waals surface area (Å²) in [5.74, 6) is 1.42. The van der Waals surface area contributed by atoms with Gasteiger partial charge in [0.2, 0.25) is 5.88 Å². The first-order chi connectivity index (χ1) is 13.7. The van der Waals surface area contributed by atoms with Gasteiger partial charge in [-0.2, -0.15) is 0 Å². The zero-order valence-corrected chi connectivity index (χ0v) is 18.6. The van der Waals surface area contributed by atoms with E-state index in [4.69, 9.17) is 25.8 Å². The van der Waals surface area contributed by atoms with Gasteiger partial charge in [0, 0.05) is 12.0 Å². The number of benzene rings is 1. The Morgan fingerprint density at radius 3 is 2.55 bits per heavy atom. The van der Waals surface area contributed by atoms with Gasteiger partial charge in [-0.25, -0.2) is 4.98 Å². The number of rotatable bonds is 9. The van der Waals surface area contributed by atoms with Gasteiger partial charge < -0.3 is 14.2 Å². The maximum atomic E-state index is 11.9. The lowest BCUT2D eigenvalue weighted by atomic mass is 10.1. The van der Waals surface area contributed by atoms with Crippen molar-refractivity contribution in [2.45, 2.75) is 59.5 Å². The van der Waals surface area contributed by atoms with Gasteiger partial charge >= 0.3 is 5.97 Å². The molecule has 0 fully saturated rings. The van der Waals surface area contributed by atoms with Crippen LogP contribution < -0.4 is 9.47 Å². The Labute approximate surface area is 178 Å². The van der Waals surface area contributed by atoms with Crippen LogP contribution in [0.1, 0.15) is 53.0 Å². The summed E-state index contributed by atoms with van der Waals surface area (Å²) in [6, 6.07) is 9.29. The highest BCUT2D eigenvalue weighted by atomic mass is 35.5. The second kappa shape index (κ2) is 10.5. The summed E-state index contributed by atoms with van der Waals surface area (Å²) < 4.78 is 16.8. The van der Waals surface area contributed by atoms with Crippen LogP contribution in [0.2, 0.25) is 5.02 Å².